The van der Waals surface area contributed by atoms with E-state index < -0.39 is 0 Å². The number of hydrogen-bond acceptors (Lipinski definition) is 3. The van der Waals surface area contributed by atoms with Gasteiger partial charge in [0.1, 0.15) is 6.10 Å². The molecule has 1 heterocycles. The third kappa shape index (κ3) is 1.78. The van der Waals surface area contributed by atoms with Crippen molar-refractivity contribution in [2.75, 3.05) is 0 Å². The largest absolute Gasteiger partial charge is 0.475 e. The SMILES string of the molecule is CC(C)(C)C1=NC2CC(N)CCC2O1. The molecule has 1 saturated carbocycles. The van der Waals surface area contributed by atoms with Crippen LogP contribution in [0.2, 0.25) is 0 Å². The Morgan fingerprint density at radius 3 is 2.71 bits per heavy atom. The van der Waals surface area contributed by atoms with Gasteiger partial charge in [0.15, 0.2) is 5.90 Å². The molecule has 1 aliphatic heterocycles. The van der Waals surface area contributed by atoms with Crippen LogP contribution < -0.4 is 5.73 Å². The molecule has 2 rings (SSSR count). The zero-order valence-electron chi connectivity index (χ0n) is 9.29. The second-order valence-corrected chi connectivity index (χ2v) is 5.48. The summed E-state index contributed by atoms with van der Waals surface area (Å²) in [6, 6.07) is 0.649. The second-order valence-electron chi connectivity index (χ2n) is 5.48. The van der Waals surface area contributed by atoms with Gasteiger partial charge in [-0.1, -0.05) is 20.8 Å². The third-order valence-corrected chi connectivity index (χ3v) is 2.98. The summed E-state index contributed by atoms with van der Waals surface area (Å²) in [5.74, 6) is 0.918. The minimum Gasteiger partial charge on any atom is -0.475 e. The van der Waals surface area contributed by atoms with Crippen LogP contribution in [-0.2, 0) is 4.74 Å². The second kappa shape index (κ2) is 3.23. The van der Waals surface area contributed by atoms with Crippen LogP contribution in [0.5, 0.6) is 0 Å². The molecule has 3 heteroatoms. The Bertz CT molecular complexity index is 255. The number of rotatable bonds is 0. The predicted octanol–water partition coefficient (Wildman–Crippen LogP) is 1.71. The minimum absolute atomic E-state index is 0.0431. The monoisotopic (exact) mass is 196 g/mol. The molecule has 1 fully saturated rings. The van der Waals surface area contributed by atoms with Crippen molar-refractivity contribution >= 4 is 5.90 Å². The van der Waals surface area contributed by atoms with Crippen molar-refractivity contribution in [3.05, 3.63) is 0 Å². The summed E-state index contributed by atoms with van der Waals surface area (Å²) in [7, 11) is 0. The van der Waals surface area contributed by atoms with Gasteiger partial charge < -0.3 is 10.5 Å². The fourth-order valence-corrected chi connectivity index (χ4v) is 2.12. The van der Waals surface area contributed by atoms with Crippen LogP contribution in [0.4, 0.5) is 0 Å². The first kappa shape index (κ1) is 9.97. The lowest BCUT2D eigenvalue weighted by Crippen LogP contribution is -2.37. The zero-order valence-corrected chi connectivity index (χ0v) is 9.29. The first-order valence-electron chi connectivity index (χ1n) is 5.47. The van der Waals surface area contributed by atoms with Crippen LogP contribution in [0.15, 0.2) is 4.99 Å². The van der Waals surface area contributed by atoms with Gasteiger partial charge in [-0.05, 0) is 19.3 Å². The lowest BCUT2D eigenvalue weighted by molar-refractivity contribution is 0.132. The normalized spacial score (nSPS) is 37.4. The van der Waals surface area contributed by atoms with E-state index in [2.05, 4.69) is 25.8 Å². The van der Waals surface area contributed by atoms with E-state index in [0.29, 0.717) is 18.2 Å². The highest BCUT2D eigenvalue weighted by atomic mass is 16.5. The van der Waals surface area contributed by atoms with E-state index in [1.165, 1.54) is 0 Å². The zero-order chi connectivity index (χ0) is 10.3. The highest BCUT2D eigenvalue weighted by Crippen LogP contribution is 2.32. The average molecular weight is 196 g/mol. The van der Waals surface area contributed by atoms with Gasteiger partial charge >= 0.3 is 0 Å². The van der Waals surface area contributed by atoms with Crippen molar-refractivity contribution in [1.29, 1.82) is 0 Å². The number of aliphatic imine (C=N–C) groups is 1. The average Bonchev–Trinajstić information content (AvgIpc) is 2.45. The van der Waals surface area contributed by atoms with Gasteiger partial charge in [-0.25, -0.2) is 4.99 Å². The summed E-state index contributed by atoms with van der Waals surface area (Å²) in [4.78, 5) is 4.65. The van der Waals surface area contributed by atoms with Gasteiger partial charge in [0, 0.05) is 11.5 Å². The Hall–Kier alpha value is -0.570. The van der Waals surface area contributed by atoms with Gasteiger partial charge in [0.25, 0.3) is 0 Å². The molecule has 0 radical (unpaired) electrons. The molecule has 2 aliphatic rings. The minimum atomic E-state index is 0.0431. The number of fused-ring (bicyclic) bond motifs is 1. The molecule has 0 saturated heterocycles. The van der Waals surface area contributed by atoms with Crippen molar-refractivity contribution in [1.82, 2.24) is 0 Å². The summed E-state index contributed by atoms with van der Waals surface area (Å²) in [5, 5.41) is 0. The molecule has 14 heavy (non-hydrogen) atoms. The van der Waals surface area contributed by atoms with E-state index in [-0.39, 0.29) is 5.41 Å². The number of nitrogens with zero attached hydrogens (tertiary/aromatic N) is 1. The van der Waals surface area contributed by atoms with Gasteiger partial charge in [-0.2, -0.15) is 0 Å². The number of ether oxygens (including phenoxy) is 1. The first-order valence-corrected chi connectivity index (χ1v) is 5.47. The van der Waals surface area contributed by atoms with E-state index in [4.69, 9.17) is 10.5 Å². The molecule has 80 valence electrons. The Morgan fingerprint density at radius 2 is 2.07 bits per heavy atom. The van der Waals surface area contributed by atoms with Crippen molar-refractivity contribution < 1.29 is 4.74 Å². The summed E-state index contributed by atoms with van der Waals surface area (Å²) in [6.07, 6.45) is 3.44. The maximum Gasteiger partial charge on any atom is 0.189 e. The summed E-state index contributed by atoms with van der Waals surface area (Å²) >= 11 is 0. The highest BCUT2D eigenvalue weighted by Gasteiger charge is 2.39. The molecule has 0 amide bonds. The van der Waals surface area contributed by atoms with Crippen LogP contribution in [0.25, 0.3) is 0 Å². The summed E-state index contributed by atoms with van der Waals surface area (Å²) in [5.41, 5.74) is 5.96. The molecule has 0 spiro atoms. The molecule has 3 atom stereocenters. The van der Waals surface area contributed by atoms with Gasteiger partial charge in [0.05, 0.1) is 6.04 Å². The van der Waals surface area contributed by atoms with Crippen molar-refractivity contribution in [2.24, 2.45) is 16.1 Å². The lowest BCUT2D eigenvalue weighted by Gasteiger charge is -2.27. The summed E-state index contributed by atoms with van der Waals surface area (Å²) in [6.45, 7) is 6.43. The Morgan fingerprint density at radius 1 is 1.36 bits per heavy atom. The van der Waals surface area contributed by atoms with Crippen molar-refractivity contribution in [3.8, 4) is 0 Å². The maximum absolute atomic E-state index is 5.92. The molecule has 0 aromatic rings. The smallest absolute Gasteiger partial charge is 0.189 e. The van der Waals surface area contributed by atoms with E-state index in [9.17, 15) is 0 Å². The fourth-order valence-electron chi connectivity index (χ4n) is 2.12. The van der Waals surface area contributed by atoms with Crippen LogP contribution in [-0.4, -0.2) is 24.1 Å². The third-order valence-electron chi connectivity index (χ3n) is 2.98. The number of hydrogen-bond donors (Lipinski definition) is 1. The van der Waals surface area contributed by atoms with Gasteiger partial charge in [0.2, 0.25) is 0 Å². The van der Waals surface area contributed by atoms with Crippen LogP contribution in [0.3, 0.4) is 0 Å². The van der Waals surface area contributed by atoms with Crippen molar-refractivity contribution in [2.45, 2.75) is 58.2 Å². The quantitative estimate of drug-likeness (QED) is 0.641. The Labute approximate surface area is 85.7 Å². The summed E-state index contributed by atoms with van der Waals surface area (Å²) < 4.78 is 5.87. The Balaban J connectivity index is 2.09. The highest BCUT2D eigenvalue weighted by molar-refractivity contribution is 5.83. The molecule has 0 aromatic carbocycles. The molecular formula is C11H20N2O. The standard InChI is InChI=1S/C11H20N2O/c1-11(2,3)10-13-8-6-7(12)4-5-9(8)14-10/h7-9H,4-6,12H2,1-3H3. The van der Waals surface area contributed by atoms with Crippen LogP contribution in [0, 0.1) is 5.41 Å². The molecule has 2 N–H and O–H groups in total. The van der Waals surface area contributed by atoms with Crippen LogP contribution in [0.1, 0.15) is 40.0 Å². The molecule has 0 bridgehead atoms. The Kier molecular flexibility index (Phi) is 2.30. The maximum atomic E-state index is 5.92. The van der Waals surface area contributed by atoms with E-state index >= 15 is 0 Å². The topological polar surface area (TPSA) is 47.6 Å². The molecule has 1 aliphatic carbocycles. The van der Waals surface area contributed by atoms with Crippen LogP contribution >= 0.6 is 0 Å². The first-order chi connectivity index (χ1) is 6.47. The molecule has 3 nitrogen and oxygen atoms in total. The van der Waals surface area contributed by atoms with Gasteiger partial charge in [-0.3, -0.25) is 0 Å². The van der Waals surface area contributed by atoms with Gasteiger partial charge in [-0.15, -0.1) is 0 Å². The molecule has 3 unspecified atom stereocenters. The molecular weight excluding hydrogens is 176 g/mol. The lowest BCUT2D eigenvalue weighted by atomic mass is 9.90. The van der Waals surface area contributed by atoms with E-state index in [1.54, 1.807) is 0 Å². The molecule has 0 aromatic heterocycles. The number of nitrogens with two attached hydrogens (primary N) is 1. The van der Waals surface area contributed by atoms with Crippen molar-refractivity contribution in [3.63, 3.8) is 0 Å². The fraction of sp³-hybridized carbons (Fsp3) is 0.909. The van der Waals surface area contributed by atoms with E-state index in [1.807, 2.05) is 0 Å². The van der Waals surface area contributed by atoms with E-state index in [0.717, 1.165) is 25.2 Å². The predicted molar refractivity (Wildman–Crippen MR) is 57.4 cm³/mol.